The Morgan fingerprint density at radius 2 is 1.73 bits per heavy atom. The van der Waals surface area contributed by atoms with Crippen molar-refractivity contribution in [2.24, 2.45) is 0 Å². The highest BCUT2D eigenvalue weighted by Crippen LogP contribution is 2.34. The van der Waals surface area contributed by atoms with Gasteiger partial charge in [-0.2, -0.15) is 13.2 Å². The number of likely N-dealkylation sites (tertiary alicyclic amines) is 1. The minimum absolute atomic E-state index is 0.118. The Bertz CT molecular complexity index is 887. The summed E-state index contributed by atoms with van der Waals surface area (Å²) in [6.07, 6.45) is -4.45. The lowest BCUT2D eigenvalue weighted by Gasteiger charge is -2.51. The maximum Gasteiger partial charge on any atom is 0.416 e. The Hall–Kier alpha value is -3.03. The highest BCUT2D eigenvalue weighted by atomic mass is 19.4. The van der Waals surface area contributed by atoms with Crippen molar-refractivity contribution in [2.75, 3.05) is 13.1 Å². The number of amides is 2. The molecule has 0 unspecified atom stereocenters. The van der Waals surface area contributed by atoms with Gasteiger partial charge in [-0.1, -0.05) is 12.1 Å². The van der Waals surface area contributed by atoms with E-state index in [1.165, 1.54) is 4.90 Å². The molecule has 0 radical (unpaired) electrons. The molecule has 2 amide bonds. The number of carbonyl (C=O) groups excluding carboxylic acids is 2. The zero-order chi connectivity index (χ0) is 18.5. The van der Waals surface area contributed by atoms with Gasteiger partial charge in [-0.15, -0.1) is 0 Å². The molecule has 2 aromatic carbocycles. The van der Waals surface area contributed by atoms with Gasteiger partial charge in [-0.3, -0.25) is 9.59 Å². The second-order valence-corrected chi connectivity index (χ2v) is 6.28. The van der Waals surface area contributed by atoms with Crippen LogP contribution >= 0.6 is 0 Å². The first-order valence-electron chi connectivity index (χ1n) is 7.85. The summed E-state index contributed by atoms with van der Waals surface area (Å²) >= 11 is 0. The van der Waals surface area contributed by atoms with Crippen molar-refractivity contribution in [3.8, 4) is 5.75 Å². The highest BCUT2D eigenvalue weighted by Gasteiger charge is 2.51. The molecular formula is C18H13F3N2O3. The quantitative estimate of drug-likeness (QED) is 0.849. The summed E-state index contributed by atoms with van der Waals surface area (Å²) in [5.41, 5.74) is -1.23. The number of nitrogens with one attached hydrogen (secondary N) is 1. The lowest BCUT2D eigenvalue weighted by atomic mass is 9.98. The second kappa shape index (κ2) is 5.48. The fraction of sp³-hybridized carbons (Fsp3) is 0.222. The van der Waals surface area contributed by atoms with Gasteiger partial charge in [-0.05, 0) is 36.4 Å². The number of hydrogen-bond donors (Lipinski definition) is 1. The van der Waals surface area contributed by atoms with Gasteiger partial charge in [0.2, 0.25) is 5.72 Å². The van der Waals surface area contributed by atoms with Crippen LogP contribution in [0, 0.1) is 0 Å². The summed E-state index contributed by atoms with van der Waals surface area (Å²) < 4.78 is 43.6. The van der Waals surface area contributed by atoms with E-state index in [0.29, 0.717) is 11.3 Å². The fourth-order valence-electron chi connectivity index (χ4n) is 3.10. The molecule has 0 atom stereocenters. The predicted octanol–water partition coefficient (Wildman–Crippen LogP) is 2.68. The van der Waals surface area contributed by atoms with E-state index in [1.807, 2.05) is 0 Å². The average molecular weight is 362 g/mol. The number of carbonyl (C=O) groups is 2. The number of rotatable bonds is 1. The standard InChI is InChI=1S/C18H13F3N2O3/c19-18(20,21)12-7-5-11(6-8-12)16(25)23-9-17(10-23)22-15(24)13-3-1-2-4-14(13)26-17/h1-8H,9-10H2,(H,22,24). The molecule has 1 spiro atoms. The van der Waals surface area contributed by atoms with Gasteiger partial charge in [0.05, 0.1) is 24.2 Å². The minimum atomic E-state index is -4.45. The van der Waals surface area contributed by atoms with Crippen molar-refractivity contribution in [1.29, 1.82) is 0 Å². The van der Waals surface area contributed by atoms with Crippen LogP contribution in [0.2, 0.25) is 0 Å². The molecule has 0 bridgehead atoms. The number of ether oxygens (including phenoxy) is 1. The normalized spacial score (nSPS) is 17.8. The van der Waals surface area contributed by atoms with Gasteiger partial charge in [-0.25, -0.2) is 0 Å². The number of hydrogen-bond acceptors (Lipinski definition) is 3. The summed E-state index contributed by atoms with van der Waals surface area (Å²) in [4.78, 5) is 26.0. The average Bonchev–Trinajstić information content (AvgIpc) is 2.58. The molecule has 8 heteroatoms. The Kier molecular flexibility index (Phi) is 3.47. The van der Waals surface area contributed by atoms with E-state index in [4.69, 9.17) is 4.74 Å². The summed E-state index contributed by atoms with van der Waals surface area (Å²) in [7, 11) is 0. The first-order valence-corrected chi connectivity index (χ1v) is 7.85. The zero-order valence-corrected chi connectivity index (χ0v) is 13.3. The lowest BCUT2D eigenvalue weighted by Crippen LogP contribution is -2.75. The molecule has 0 aliphatic carbocycles. The predicted molar refractivity (Wildman–Crippen MR) is 84.6 cm³/mol. The van der Waals surface area contributed by atoms with E-state index in [0.717, 1.165) is 24.3 Å². The van der Waals surface area contributed by atoms with Gasteiger partial charge in [0, 0.05) is 5.56 Å². The van der Waals surface area contributed by atoms with Crippen LogP contribution in [0.1, 0.15) is 26.3 Å². The maximum absolute atomic E-state index is 12.6. The lowest BCUT2D eigenvalue weighted by molar-refractivity contribution is -0.137. The summed E-state index contributed by atoms with van der Waals surface area (Å²) in [6.45, 7) is 0.236. The van der Waals surface area contributed by atoms with Gasteiger partial charge in [0.1, 0.15) is 5.75 Å². The number of alkyl halides is 3. The third-order valence-electron chi connectivity index (χ3n) is 4.42. The van der Waals surface area contributed by atoms with Crippen LogP contribution in [0.4, 0.5) is 13.2 Å². The summed E-state index contributed by atoms with van der Waals surface area (Å²) in [5.74, 6) is -0.257. The highest BCUT2D eigenvalue weighted by molar-refractivity contribution is 5.99. The smallest absolute Gasteiger partial charge is 0.416 e. The van der Waals surface area contributed by atoms with Crippen LogP contribution in [0.25, 0.3) is 0 Å². The molecule has 2 aliphatic heterocycles. The monoisotopic (exact) mass is 362 g/mol. The maximum atomic E-state index is 12.6. The molecule has 1 N–H and O–H groups in total. The number of fused-ring (bicyclic) bond motifs is 1. The van der Waals surface area contributed by atoms with Crippen LogP contribution in [0.3, 0.4) is 0 Å². The van der Waals surface area contributed by atoms with E-state index in [9.17, 15) is 22.8 Å². The van der Waals surface area contributed by atoms with Crippen LogP contribution in [0.5, 0.6) is 5.75 Å². The zero-order valence-electron chi connectivity index (χ0n) is 13.3. The topological polar surface area (TPSA) is 58.6 Å². The summed E-state index contributed by atoms with van der Waals surface area (Å²) in [6, 6.07) is 10.8. The van der Waals surface area contributed by atoms with Crippen molar-refractivity contribution in [1.82, 2.24) is 10.2 Å². The van der Waals surface area contributed by atoms with Crippen LogP contribution in [-0.2, 0) is 6.18 Å². The Morgan fingerprint density at radius 3 is 2.38 bits per heavy atom. The van der Waals surface area contributed by atoms with E-state index in [1.54, 1.807) is 24.3 Å². The van der Waals surface area contributed by atoms with Gasteiger partial charge >= 0.3 is 6.18 Å². The van der Waals surface area contributed by atoms with Crippen molar-refractivity contribution in [3.05, 3.63) is 65.2 Å². The molecule has 2 aliphatic rings. The fourth-order valence-corrected chi connectivity index (χ4v) is 3.10. The van der Waals surface area contributed by atoms with Crippen molar-refractivity contribution in [2.45, 2.75) is 11.9 Å². The number of nitrogens with zero attached hydrogens (tertiary/aromatic N) is 1. The molecule has 1 fully saturated rings. The molecule has 2 heterocycles. The van der Waals surface area contributed by atoms with Crippen LogP contribution in [0.15, 0.2) is 48.5 Å². The van der Waals surface area contributed by atoms with Gasteiger partial charge in [0.15, 0.2) is 0 Å². The Morgan fingerprint density at radius 1 is 1.08 bits per heavy atom. The molecule has 134 valence electrons. The SMILES string of the molecule is O=C1NC2(CN(C(=O)c3ccc(C(F)(F)F)cc3)C2)Oc2ccccc21. The van der Waals surface area contributed by atoms with E-state index in [2.05, 4.69) is 5.32 Å². The van der Waals surface area contributed by atoms with Crippen molar-refractivity contribution in [3.63, 3.8) is 0 Å². The van der Waals surface area contributed by atoms with Crippen molar-refractivity contribution >= 4 is 11.8 Å². The van der Waals surface area contributed by atoms with Crippen molar-refractivity contribution < 1.29 is 27.5 Å². The Labute approximate surface area is 146 Å². The molecule has 1 saturated heterocycles. The third-order valence-corrected chi connectivity index (χ3v) is 4.42. The molecule has 0 aromatic heterocycles. The van der Waals surface area contributed by atoms with Crippen LogP contribution < -0.4 is 10.1 Å². The van der Waals surface area contributed by atoms with E-state index < -0.39 is 23.4 Å². The van der Waals surface area contributed by atoms with Gasteiger partial charge < -0.3 is 15.0 Å². The number of halogens is 3. The first kappa shape index (κ1) is 16.4. The number of benzene rings is 2. The van der Waals surface area contributed by atoms with Crippen LogP contribution in [-0.4, -0.2) is 35.5 Å². The molecule has 26 heavy (non-hydrogen) atoms. The Balaban J connectivity index is 1.46. The molecule has 2 aromatic rings. The largest absolute Gasteiger partial charge is 0.463 e. The number of para-hydroxylation sites is 1. The molecular weight excluding hydrogens is 349 g/mol. The summed E-state index contributed by atoms with van der Waals surface area (Å²) in [5, 5.41) is 2.75. The first-order chi connectivity index (χ1) is 12.3. The molecule has 0 saturated carbocycles. The minimum Gasteiger partial charge on any atom is -0.463 e. The van der Waals surface area contributed by atoms with Gasteiger partial charge in [0.25, 0.3) is 11.8 Å². The molecule has 5 nitrogen and oxygen atoms in total. The molecule has 4 rings (SSSR count). The van der Waals surface area contributed by atoms with E-state index in [-0.39, 0.29) is 24.6 Å². The second-order valence-electron chi connectivity index (χ2n) is 6.28. The van der Waals surface area contributed by atoms with E-state index >= 15 is 0 Å². The third kappa shape index (κ3) is 2.67.